The van der Waals surface area contributed by atoms with E-state index in [-0.39, 0.29) is 11.9 Å². The summed E-state index contributed by atoms with van der Waals surface area (Å²) in [6, 6.07) is 0. The van der Waals surface area contributed by atoms with Crippen molar-refractivity contribution in [2.75, 3.05) is 6.61 Å². The van der Waals surface area contributed by atoms with Crippen molar-refractivity contribution in [3.8, 4) is 0 Å². The maximum Gasteiger partial charge on any atom is 0.311 e. The van der Waals surface area contributed by atoms with Crippen molar-refractivity contribution in [3.63, 3.8) is 0 Å². The van der Waals surface area contributed by atoms with Crippen molar-refractivity contribution in [1.82, 2.24) is 0 Å². The third kappa shape index (κ3) is 1.14. The van der Waals surface area contributed by atoms with Crippen molar-refractivity contribution >= 4 is 5.97 Å². The highest BCUT2D eigenvalue weighted by Crippen LogP contribution is 2.25. The largest absolute Gasteiger partial charge is 0.465 e. The number of rotatable bonds is 0. The Balaban J connectivity index is 2.69. The number of ether oxygens (including phenoxy) is 1. The summed E-state index contributed by atoms with van der Waals surface area (Å²) >= 11 is 0. The first-order valence-corrected chi connectivity index (χ1v) is 3.43. The minimum absolute atomic E-state index is 0.295. The Labute approximate surface area is 60.0 Å². The molecule has 0 saturated carbocycles. The first-order valence-electron chi connectivity index (χ1n) is 3.43. The van der Waals surface area contributed by atoms with Gasteiger partial charge in [0.1, 0.15) is 0 Å². The van der Waals surface area contributed by atoms with Crippen LogP contribution in [-0.4, -0.2) is 23.3 Å². The van der Waals surface area contributed by atoms with Gasteiger partial charge in [-0.2, -0.15) is 0 Å². The lowest BCUT2D eigenvalue weighted by Crippen LogP contribution is -2.44. The van der Waals surface area contributed by atoms with E-state index in [4.69, 9.17) is 4.74 Å². The van der Waals surface area contributed by atoms with Gasteiger partial charge in [0.25, 0.3) is 0 Å². The normalized spacial score (nSPS) is 41.1. The van der Waals surface area contributed by atoms with Crippen LogP contribution in [0.2, 0.25) is 0 Å². The summed E-state index contributed by atoms with van der Waals surface area (Å²) < 4.78 is 4.73. The standard InChI is InChI=1S/C7H12O3/c1-5-6(8)10-4-3-7(5,2)9/h5,9H,3-4H2,1-2H3/t5-,7+/m0/s1. The molecule has 1 rings (SSSR count). The Bertz CT molecular complexity index is 151. The molecule has 1 aliphatic rings. The highest BCUT2D eigenvalue weighted by atomic mass is 16.5. The summed E-state index contributed by atoms with van der Waals surface area (Å²) in [7, 11) is 0. The second-order valence-corrected chi connectivity index (χ2v) is 3.00. The van der Waals surface area contributed by atoms with Crippen LogP contribution in [0.1, 0.15) is 20.3 Å². The fourth-order valence-corrected chi connectivity index (χ4v) is 0.954. The molecule has 0 aromatic rings. The van der Waals surface area contributed by atoms with Crippen molar-refractivity contribution in [3.05, 3.63) is 0 Å². The van der Waals surface area contributed by atoms with Gasteiger partial charge in [0.05, 0.1) is 18.1 Å². The van der Waals surface area contributed by atoms with Crippen LogP contribution in [0.25, 0.3) is 0 Å². The Morgan fingerprint density at radius 3 is 2.80 bits per heavy atom. The van der Waals surface area contributed by atoms with Gasteiger partial charge in [-0.1, -0.05) is 0 Å². The maximum atomic E-state index is 10.8. The van der Waals surface area contributed by atoms with Gasteiger partial charge >= 0.3 is 5.97 Å². The molecule has 0 aromatic carbocycles. The van der Waals surface area contributed by atoms with E-state index in [1.165, 1.54) is 0 Å². The van der Waals surface area contributed by atoms with Crippen LogP contribution >= 0.6 is 0 Å². The predicted octanol–water partition coefficient (Wildman–Crippen LogP) is 0.320. The van der Waals surface area contributed by atoms with E-state index in [0.29, 0.717) is 13.0 Å². The van der Waals surface area contributed by atoms with E-state index >= 15 is 0 Å². The number of carbonyl (C=O) groups excluding carboxylic acids is 1. The van der Waals surface area contributed by atoms with Crippen molar-refractivity contribution in [2.24, 2.45) is 5.92 Å². The summed E-state index contributed by atoms with van der Waals surface area (Å²) in [5.41, 5.74) is -0.866. The van der Waals surface area contributed by atoms with E-state index in [1.807, 2.05) is 0 Å². The van der Waals surface area contributed by atoms with Crippen molar-refractivity contribution in [1.29, 1.82) is 0 Å². The van der Waals surface area contributed by atoms with Crippen LogP contribution in [-0.2, 0) is 9.53 Å². The molecule has 58 valence electrons. The molecule has 3 heteroatoms. The molecule has 0 bridgehead atoms. The number of aliphatic hydroxyl groups is 1. The van der Waals surface area contributed by atoms with Gasteiger partial charge in [-0.25, -0.2) is 0 Å². The number of carbonyl (C=O) groups is 1. The van der Waals surface area contributed by atoms with Gasteiger partial charge in [-0.05, 0) is 13.8 Å². The Morgan fingerprint density at radius 1 is 1.80 bits per heavy atom. The second-order valence-electron chi connectivity index (χ2n) is 3.00. The molecular weight excluding hydrogens is 132 g/mol. The van der Waals surface area contributed by atoms with Crippen LogP contribution in [0, 0.1) is 5.92 Å². The molecular formula is C7H12O3. The third-order valence-corrected chi connectivity index (χ3v) is 2.14. The zero-order valence-electron chi connectivity index (χ0n) is 6.26. The van der Waals surface area contributed by atoms with Crippen LogP contribution in [0.4, 0.5) is 0 Å². The fraction of sp³-hybridized carbons (Fsp3) is 0.857. The average Bonchev–Trinajstić information content (AvgIpc) is 1.83. The molecule has 0 aromatic heterocycles. The van der Waals surface area contributed by atoms with Gasteiger partial charge in [0, 0.05) is 6.42 Å². The molecule has 0 radical (unpaired) electrons. The van der Waals surface area contributed by atoms with Gasteiger partial charge in [-0.15, -0.1) is 0 Å². The molecule has 2 atom stereocenters. The van der Waals surface area contributed by atoms with Gasteiger partial charge < -0.3 is 9.84 Å². The van der Waals surface area contributed by atoms with Crippen molar-refractivity contribution < 1.29 is 14.6 Å². The molecule has 1 heterocycles. The highest BCUT2D eigenvalue weighted by molar-refractivity contribution is 5.74. The predicted molar refractivity (Wildman–Crippen MR) is 35.4 cm³/mol. The van der Waals surface area contributed by atoms with E-state index in [0.717, 1.165) is 0 Å². The molecule has 0 unspecified atom stereocenters. The second kappa shape index (κ2) is 2.23. The summed E-state index contributed by atoms with van der Waals surface area (Å²) in [6.45, 7) is 3.69. The fourth-order valence-electron chi connectivity index (χ4n) is 0.954. The molecule has 10 heavy (non-hydrogen) atoms. The first kappa shape index (κ1) is 7.54. The molecule has 1 aliphatic heterocycles. The van der Waals surface area contributed by atoms with E-state index in [2.05, 4.69) is 0 Å². The summed E-state index contributed by atoms with van der Waals surface area (Å²) in [6.07, 6.45) is 0.542. The minimum Gasteiger partial charge on any atom is -0.465 e. The quantitative estimate of drug-likeness (QED) is 0.498. The lowest BCUT2D eigenvalue weighted by Gasteiger charge is -2.32. The maximum absolute atomic E-state index is 10.8. The topological polar surface area (TPSA) is 46.5 Å². The molecule has 1 N–H and O–H groups in total. The lowest BCUT2D eigenvalue weighted by atomic mass is 9.86. The molecule has 0 spiro atoms. The Kier molecular flexibility index (Phi) is 1.68. The number of esters is 1. The average molecular weight is 144 g/mol. The molecule has 1 fully saturated rings. The van der Waals surface area contributed by atoms with E-state index in [9.17, 15) is 9.90 Å². The van der Waals surface area contributed by atoms with Gasteiger partial charge in [0.2, 0.25) is 0 Å². The molecule has 1 saturated heterocycles. The van der Waals surface area contributed by atoms with Crippen LogP contribution < -0.4 is 0 Å². The van der Waals surface area contributed by atoms with Crippen LogP contribution in [0.5, 0.6) is 0 Å². The zero-order chi connectivity index (χ0) is 7.78. The van der Waals surface area contributed by atoms with E-state index < -0.39 is 5.60 Å². The van der Waals surface area contributed by atoms with Crippen LogP contribution in [0.3, 0.4) is 0 Å². The van der Waals surface area contributed by atoms with Gasteiger partial charge in [0.15, 0.2) is 0 Å². The number of hydrogen-bond acceptors (Lipinski definition) is 3. The third-order valence-electron chi connectivity index (χ3n) is 2.14. The SMILES string of the molecule is C[C@H]1C(=O)OCC[C@@]1(C)O. The summed E-state index contributed by atoms with van der Waals surface area (Å²) in [5.74, 6) is -0.683. The first-order chi connectivity index (χ1) is 4.54. The monoisotopic (exact) mass is 144 g/mol. The zero-order valence-corrected chi connectivity index (χ0v) is 6.26. The highest BCUT2D eigenvalue weighted by Gasteiger charge is 2.38. The molecule has 0 aliphatic carbocycles. The smallest absolute Gasteiger partial charge is 0.311 e. The van der Waals surface area contributed by atoms with Gasteiger partial charge in [-0.3, -0.25) is 4.79 Å². The Morgan fingerprint density at radius 2 is 2.40 bits per heavy atom. The number of cyclic esters (lactones) is 1. The van der Waals surface area contributed by atoms with Crippen molar-refractivity contribution in [2.45, 2.75) is 25.9 Å². The van der Waals surface area contributed by atoms with Crippen LogP contribution in [0.15, 0.2) is 0 Å². The lowest BCUT2D eigenvalue weighted by molar-refractivity contribution is -0.169. The van der Waals surface area contributed by atoms with E-state index in [1.54, 1.807) is 13.8 Å². The summed E-state index contributed by atoms with van der Waals surface area (Å²) in [4.78, 5) is 10.8. The minimum atomic E-state index is -0.866. The Hall–Kier alpha value is -0.570. The molecule has 3 nitrogen and oxygen atoms in total. The number of hydrogen-bond donors (Lipinski definition) is 1. The molecule has 0 amide bonds. The summed E-state index contributed by atoms with van der Waals surface area (Å²) in [5, 5.41) is 9.51.